The van der Waals surface area contributed by atoms with E-state index in [1.54, 1.807) is 0 Å². The number of aromatic nitrogens is 1. The molecule has 2 N–H and O–H groups in total. The lowest BCUT2D eigenvalue weighted by atomic mass is 10.0. The number of carbonyl (C=O) groups is 1. The molecular weight excluding hydrogens is 280 g/mol. The number of carboxylic acid groups (broad SMARTS) is 1. The lowest BCUT2D eigenvalue weighted by molar-refractivity contribution is 0.0686. The van der Waals surface area contributed by atoms with Crippen molar-refractivity contribution < 1.29 is 18.3 Å². The number of aromatic carboxylic acids is 1. The Bertz CT molecular complexity index is 600. The predicted octanol–water partition coefficient (Wildman–Crippen LogP) is 1.58. The second kappa shape index (κ2) is 5.57. The fraction of sp³-hybridized carbons (Fsp3) is 0.615. The molecular formula is C13H20N2O4S. The smallest absolute Gasteiger partial charge is 0.352 e. The standard InChI is InChI=1S/C13H20N2O4S/c1-9(10-5-3-4-6-10)14-20(18,19)11-7-12(13(16)17)15(2)8-11/h7-10,14H,3-6H2,1-2H3,(H,16,17)/t9-/m0/s1. The van der Waals surface area contributed by atoms with Gasteiger partial charge in [-0.3, -0.25) is 0 Å². The quantitative estimate of drug-likeness (QED) is 0.864. The summed E-state index contributed by atoms with van der Waals surface area (Å²) in [6.45, 7) is 1.87. The summed E-state index contributed by atoms with van der Waals surface area (Å²) < 4.78 is 28.5. The van der Waals surface area contributed by atoms with E-state index in [1.807, 2.05) is 6.92 Å². The molecule has 1 aromatic heterocycles. The van der Waals surface area contributed by atoms with Crippen molar-refractivity contribution in [1.82, 2.24) is 9.29 Å². The summed E-state index contributed by atoms with van der Waals surface area (Å²) in [5.74, 6) is -0.773. The maximum atomic E-state index is 12.3. The molecule has 0 bridgehead atoms. The third-order valence-electron chi connectivity index (χ3n) is 3.96. The van der Waals surface area contributed by atoms with Crippen molar-refractivity contribution in [2.45, 2.75) is 43.5 Å². The van der Waals surface area contributed by atoms with Crippen molar-refractivity contribution in [3.8, 4) is 0 Å². The van der Waals surface area contributed by atoms with Crippen LogP contribution in [0.15, 0.2) is 17.2 Å². The average molecular weight is 300 g/mol. The zero-order chi connectivity index (χ0) is 14.9. The van der Waals surface area contributed by atoms with Gasteiger partial charge in [0.2, 0.25) is 10.0 Å². The van der Waals surface area contributed by atoms with Gasteiger partial charge < -0.3 is 9.67 Å². The molecule has 1 aliphatic carbocycles. The van der Waals surface area contributed by atoms with Gasteiger partial charge >= 0.3 is 5.97 Å². The molecule has 6 nitrogen and oxygen atoms in total. The van der Waals surface area contributed by atoms with E-state index in [9.17, 15) is 13.2 Å². The van der Waals surface area contributed by atoms with Crippen LogP contribution in [-0.2, 0) is 17.1 Å². The van der Waals surface area contributed by atoms with E-state index in [4.69, 9.17) is 5.11 Å². The summed E-state index contributed by atoms with van der Waals surface area (Å²) in [4.78, 5) is 11.0. The molecule has 0 aliphatic heterocycles. The summed E-state index contributed by atoms with van der Waals surface area (Å²) in [5.41, 5.74) is -0.0427. The Morgan fingerprint density at radius 1 is 1.45 bits per heavy atom. The van der Waals surface area contributed by atoms with Crippen molar-refractivity contribution in [2.75, 3.05) is 0 Å². The maximum absolute atomic E-state index is 12.3. The number of nitrogens with one attached hydrogen (secondary N) is 1. The molecule has 1 aromatic rings. The van der Waals surface area contributed by atoms with E-state index in [0.29, 0.717) is 5.92 Å². The highest BCUT2D eigenvalue weighted by Gasteiger charge is 2.27. The molecule has 1 fully saturated rings. The topological polar surface area (TPSA) is 88.4 Å². The van der Waals surface area contributed by atoms with Crippen LogP contribution in [0.2, 0.25) is 0 Å². The zero-order valence-corrected chi connectivity index (χ0v) is 12.5. The average Bonchev–Trinajstić information content (AvgIpc) is 2.96. The number of rotatable bonds is 5. The van der Waals surface area contributed by atoms with Crippen LogP contribution in [0.3, 0.4) is 0 Å². The molecule has 0 unspecified atom stereocenters. The van der Waals surface area contributed by atoms with E-state index < -0.39 is 16.0 Å². The van der Waals surface area contributed by atoms with E-state index in [1.165, 1.54) is 23.9 Å². The third-order valence-corrected chi connectivity index (χ3v) is 5.48. The van der Waals surface area contributed by atoms with Crippen molar-refractivity contribution in [3.63, 3.8) is 0 Å². The van der Waals surface area contributed by atoms with Gasteiger partial charge in [-0.2, -0.15) is 0 Å². The van der Waals surface area contributed by atoms with Crippen LogP contribution < -0.4 is 4.72 Å². The van der Waals surface area contributed by atoms with Crippen LogP contribution in [0.25, 0.3) is 0 Å². The fourth-order valence-electron chi connectivity index (χ4n) is 2.76. The molecule has 0 aromatic carbocycles. The number of hydrogen-bond donors (Lipinski definition) is 2. The first kappa shape index (κ1) is 15.1. The Kier molecular flexibility index (Phi) is 4.19. The Morgan fingerprint density at radius 3 is 2.55 bits per heavy atom. The van der Waals surface area contributed by atoms with E-state index >= 15 is 0 Å². The Hall–Kier alpha value is -1.34. The molecule has 0 radical (unpaired) electrons. The fourth-order valence-corrected chi connectivity index (χ4v) is 4.14. The largest absolute Gasteiger partial charge is 0.477 e. The maximum Gasteiger partial charge on any atom is 0.352 e. The Morgan fingerprint density at radius 2 is 2.05 bits per heavy atom. The normalized spacial score (nSPS) is 18.3. The first-order valence-electron chi connectivity index (χ1n) is 6.73. The van der Waals surface area contributed by atoms with E-state index in [-0.39, 0.29) is 16.6 Å². The molecule has 7 heteroatoms. The van der Waals surface area contributed by atoms with Gasteiger partial charge in [0.15, 0.2) is 0 Å². The van der Waals surface area contributed by atoms with E-state index in [0.717, 1.165) is 25.7 Å². The summed E-state index contributed by atoms with van der Waals surface area (Å²) in [7, 11) is -2.15. The van der Waals surface area contributed by atoms with Gasteiger partial charge in [-0.05, 0) is 31.7 Å². The highest BCUT2D eigenvalue weighted by atomic mass is 32.2. The second-order valence-corrected chi connectivity index (χ2v) is 7.15. The summed E-state index contributed by atoms with van der Waals surface area (Å²) >= 11 is 0. The van der Waals surface area contributed by atoms with Crippen LogP contribution in [0.4, 0.5) is 0 Å². The zero-order valence-electron chi connectivity index (χ0n) is 11.7. The first-order chi connectivity index (χ1) is 9.31. The summed E-state index contributed by atoms with van der Waals surface area (Å²) in [6, 6.07) is 1.06. The van der Waals surface area contributed by atoms with Crippen molar-refractivity contribution in [2.24, 2.45) is 13.0 Å². The van der Waals surface area contributed by atoms with Crippen LogP contribution in [0, 0.1) is 5.92 Å². The number of nitrogens with zero attached hydrogens (tertiary/aromatic N) is 1. The molecule has 0 saturated heterocycles. The van der Waals surface area contributed by atoms with Crippen LogP contribution in [0.1, 0.15) is 43.1 Å². The number of hydrogen-bond acceptors (Lipinski definition) is 3. The molecule has 1 heterocycles. The number of carboxylic acids is 1. The SMILES string of the molecule is C[C@H](NS(=O)(=O)c1cc(C(=O)O)n(C)c1)C1CCCC1. The lowest BCUT2D eigenvalue weighted by Gasteiger charge is -2.19. The number of sulfonamides is 1. The highest BCUT2D eigenvalue weighted by molar-refractivity contribution is 7.89. The molecule has 0 spiro atoms. The van der Waals surface area contributed by atoms with Gasteiger partial charge in [0.05, 0.1) is 0 Å². The molecule has 2 rings (SSSR count). The van der Waals surface area contributed by atoms with Gasteiger partial charge in [-0.15, -0.1) is 0 Å². The highest BCUT2D eigenvalue weighted by Crippen LogP contribution is 2.28. The van der Waals surface area contributed by atoms with E-state index in [2.05, 4.69) is 4.72 Å². The van der Waals surface area contributed by atoms with Crippen LogP contribution in [0.5, 0.6) is 0 Å². The third kappa shape index (κ3) is 3.04. The second-order valence-electron chi connectivity index (χ2n) is 5.43. The van der Waals surface area contributed by atoms with Gasteiger partial charge in [0, 0.05) is 19.3 Å². The van der Waals surface area contributed by atoms with Crippen molar-refractivity contribution >= 4 is 16.0 Å². The predicted molar refractivity (Wildman–Crippen MR) is 74.1 cm³/mol. The van der Waals surface area contributed by atoms with Gasteiger partial charge in [-0.1, -0.05) is 12.8 Å². The lowest BCUT2D eigenvalue weighted by Crippen LogP contribution is -2.37. The van der Waals surface area contributed by atoms with Crippen molar-refractivity contribution in [3.05, 3.63) is 18.0 Å². The van der Waals surface area contributed by atoms with Gasteiger partial charge in [-0.25, -0.2) is 17.9 Å². The number of aryl methyl sites for hydroxylation is 1. The minimum Gasteiger partial charge on any atom is -0.477 e. The summed E-state index contributed by atoms with van der Waals surface area (Å²) in [6.07, 6.45) is 5.70. The monoisotopic (exact) mass is 300 g/mol. The minimum atomic E-state index is -3.67. The first-order valence-corrected chi connectivity index (χ1v) is 8.21. The Labute approximate surface area is 118 Å². The minimum absolute atomic E-state index is 0.00208. The van der Waals surface area contributed by atoms with Gasteiger partial charge in [0.1, 0.15) is 10.6 Å². The molecule has 1 aliphatic rings. The molecule has 1 atom stereocenters. The Balaban J connectivity index is 2.17. The van der Waals surface area contributed by atoms with Gasteiger partial charge in [0.25, 0.3) is 0 Å². The van der Waals surface area contributed by atoms with Crippen LogP contribution >= 0.6 is 0 Å². The van der Waals surface area contributed by atoms with Crippen molar-refractivity contribution in [1.29, 1.82) is 0 Å². The molecule has 0 amide bonds. The molecule has 20 heavy (non-hydrogen) atoms. The molecule has 112 valence electrons. The van der Waals surface area contributed by atoms with Crippen LogP contribution in [-0.4, -0.2) is 30.1 Å². The molecule has 1 saturated carbocycles. The summed E-state index contributed by atoms with van der Waals surface area (Å²) in [5, 5.41) is 8.96.